The molecular weight excluding hydrogens is 368 g/mol. The molecule has 156 valence electrons. The van der Waals surface area contributed by atoms with Crippen molar-refractivity contribution in [2.45, 2.75) is 63.9 Å². The monoisotopic (exact) mass is 398 g/mol. The molecule has 0 aliphatic heterocycles. The SMILES string of the molecule is C[C@]12CC[C@H]3[C@@H](CC4(CC4)C4=CC(=O)CC[C@@H]43)[C@@H]1[C@@H]1C[C@@H]1[C@@]2(O)/C=C\OC(=O)O. The van der Waals surface area contributed by atoms with Gasteiger partial charge in [0.05, 0.1) is 11.9 Å². The lowest BCUT2D eigenvalue weighted by Gasteiger charge is -2.58. The van der Waals surface area contributed by atoms with Gasteiger partial charge in [-0.05, 0) is 98.0 Å². The second-order valence-corrected chi connectivity index (χ2v) is 11.0. The molecule has 0 amide bonds. The Balaban J connectivity index is 1.35. The van der Waals surface area contributed by atoms with Crippen molar-refractivity contribution in [1.29, 1.82) is 0 Å². The van der Waals surface area contributed by atoms with Gasteiger partial charge in [0.25, 0.3) is 0 Å². The average molecular weight is 398 g/mol. The first kappa shape index (κ1) is 18.2. The predicted octanol–water partition coefficient (Wildman–Crippen LogP) is 4.31. The van der Waals surface area contributed by atoms with Crippen LogP contribution >= 0.6 is 0 Å². The molecule has 8 atom stereocenters. The molecule has 0 aromatic carbocycles. The van der Waals surface area contributed by atoms with E-state index < -0.39 is 11.8 Å². The van der Waals surface area contributed by atoms with Crippen molar-refractivity contribution in [3.8, 4) is 0 Å². The number of hydrogen-bond donors (Lipinski definition) is 2. The fourth-order valence-corrected chi connectivity index (χ4v) is 8.68. The van der Waals surface area contributed by atoms with Crippen molar-refractivity contribution in [2.75, 3.05) is 0 Å². The van der Waals surface area contributed by atoms with Gasteiger partial charge in [-0.25, -0.2) is 4.79 Å². The third-order valence-electron chi connectivity index (χ3n) is 10.0. The van der Waals surface area contributed by atoms with Crippen molar-refractivity contribution >= 4 is 11.9 Å². The smallest absolute Gasteiger partial charge is 0.449 e. The molecule has 0 bridgehead atoms. The second-order valence-electron chi connectivity index (χ2n) is 11.0. The fourth-order valence-electron chi connectivity index (χ4n) is 8.68. The van der Waals surface area contributed by atoms with Crippen molar-refractivity contribution < 1.29 is 24.5 Å². The molecule has 0 heterocycles. The lowest BCUT2D eigenvalue weighted by molar-refractivity contribution is -0.123. The Morgan fingerprint density at radius 2 is 2.00 bits per heavy atom. The molecule has 0 radical (unpaired) electrons. The number of ether oxygens (including phenoxy) is 1. The van der Waals surface area contributed by atoms with Crippen LogP contribution in [0.15, 0.2) is 24.0 Å². The minimum atomic E-state index is -1.34. The highest BCUT2D eigenvalue weighted by Gasteiger charge is 2.76. The van der Waals surface area contributed by atoms with Crippen molar-refractivity contribution in [2.24, 2.45) is 46.3 Å². The molecule has 6 aliphatic carbocycles. The zero-order chi connectivity index (χ0) is 20.2. The van der Waals surface area contributed by atoms with E-state index >= 15 is 0 Å². The van der Waals surface area contributed by atoms with E-state index in [1.165, 1.54) is 31.1 Å². The third-order valence-corrected chi connectivity index (χ3v) is 10.0. The highest BCUT2D eigenvalue weighted by molar-refractivity contribution is 5.91. The molecule has 0 saturated heterocycles. The molecule has 6 rings (SSSR count). The van der Waals surface area contributed by atoms with Crippen LogP contribution in [0.1, 0.15) is 58.3 Å². The maximum atomic E-state index is 12.1. The highest BCUT2D eigenvalue weighted by Crippen LogP contribution is 2.78. The summed E-state index contributed by atoms with van der Waals surface area (Å²) < 4.78 is 4.63. The van der Waals surface area contributed by atoms with E-state index in [-0.39, 0.29) is 16.7 Å². The van der Waals surface area contributed by atoms with Crippen molar-refractivity contribution in [3.05, 3.63) is 24.0 Å². The van der Waals surface area contributed by atoms with Crippen LogP contribution in [0, 0.1) is 46.3 Å². The Bertz CT molecular complexity index is 853. The Morgan fingerprint density at radius 1 is 1.21 bits per heavy atom. The van der Waals surface area contributed by atoms with Crippen LogP contribution in [0.2, 0.25) is 0 Å². The molecule has 5 saturated carbocycles. The molecule has 1 spiro atoms. The van der Waals surface area contributed by atoms with Gasteiger partial charge < -0.3 is 14.9 Å². The first-order valence-electron chi connectivity index (χ1n) is 11.3. The van der Waals surface area contributed by atoms with E-state index in [1.807, 2.05) is 6.08 Å². The second kappa shape index (κ2) is 5.54. The molecule has 5 nitrogen and oxygen atoms in total. The number of rotatable bonds is 2. The molecular formula is C24H30O5. The number of carbonyl (C=O) groups excluding carboxylic acids is 1. The number of carboxylic acid groups (broad SMARTS) is 1. The fraction of sp³-hybridized carbons (Fsp3) is 0.750. The summed E-state index contributed by atoms with van der Waals surface area (Å²) in [6.07, 6.45) is 11.9. The predicted molar refractivity (Wildman–Crippen MR) is 105 cm³/mol. The van der Waals surface area contributed by atoms with Gasteiger partial charge in [-0.15, -0.1) is 0 Å². The van der Waals surface area contributed by atoms with E-state index in [1.54, 1.807) is 6.08 Å². The topological polar surface area (TPSA) is 83.8 Å². The number of allylic oxidation sites excluding steroid dienone is 1. The normalized spacial score (nSPS) is 51.0. The summed E-state index contributed by atoms with van der Waals surface area (Å²) in [5.74, 6) is 3.40. The lowest BCUT2D eigenvalue weighted by atomic mass is 9.47. The number of hydrogen-bond acceptors (Lipinski definition) is 4. The number of carbonyl (C=O) groups is 2. The molecule has 29 heavy (non-hydrogen) atoms. The van der Waals surface area contributed by atoms with Crippen molar-refractivity contribution in [3.63, 3.8) is 0 Å². The van der Waals surface area contributed by atoms with Gasteiger partial charge in [-0.1, -0.05) is 12.5 Å². The van der Waals surface area contributed by atoms with Crippen LogP contribution in [0.3, 0.4) is 0 Å². The zero-order valence-corrected chi connectivity index (χ0v) is 17.0. The van der Waals surface area contributed by atoms with Crippen LogP contribution in [0.5, 0.6) is 0 Å². The number of aliphatic hydroxyl groups is 1. The quantitative estimate of drug-likeness (QED) is 0.535. The van der Waals surface area contributed by atoms with Crippen LogP contribution in [-0.2, 0) is 9.53 Å². The van der Waals surface area contributed by atoms with E-state index in [4.69, 9.17) is 5.11 Å². The first-order valence-corrected chi connectivity index (χ1v) is 11.3. The molecule has 0 aromatic rings. The summed E-state index contributed by atoms with van der Waals surface area (Å²) >= 11 is 0. The van der Waals surface area contributed by atoms with E-state index in [9.17, 15) is 14.7 Å². The maximum Gasteiger partial charge on any atom is 0.510 e. The number of ketones is 1. The van der Waals surface area contributed by atoms with Crippen LogP contribution < -0.4 is 0 Å². The van der Waals surface area contributed by atoms with Gasteiger partial charge in [0.2, 0.25) is 0 Å². The Hall–Kier alpha value is -1.62. The minimum absolute atomic E-state index is 0.220. The van der Waals surface area contributed by atoms with E-state index in [0.717, 1.165) is 25.7 Å². The first-order chi connectivity index (χ1) is 13.8. The van der Waals surface area contributed by atoms with Gasteiger partial charge >= 0.3 is 6.16 Å². The highest BCUT2D eigenvalue weighted by atomic mass is 16.7. The maximum absolute atomic E-state index is 12.1. The van der Waals surface area contributed by atoms with Gasteiger partial charge in [-0.3, -0.25) is 4.79 Å². The lowest BCUT2D eigenvalue weighted by Crippen LogP contribution is -2.55. The van der Waals surface area contributed by atoms with E-state index in [2.05, 4.69) is 11.7 Å². The summed E-state index contributed by atoms with van der Waals surface area (Å²) in [5.41, 5.74) is 0.557. The van der Waals surface area contributed by atoms with Crippen LogP contribution in [-0.4, -0.2) is 27.8 Å². The molecule has 5 heteroatoms. The Labute approximate surface area is 171 Å². The van der Waals surface area contributed by atoms with E-state index in [0.29, 0.717) is 41.8 Å². The summed E-state index contributed by atoms with van der Waals surface area (Å²) in [7, 11) is 0. The summed E-state index contributed by atoms with van der Waals surface area (Å²) in [6, 6.07) is 0. The number of fused-ring (bicyclic) bond motifs is 8. The van der Waals surface area contributed by atoms with Crippen LogP contribution in [0.4, 0.5) is 4.79 Å². The standard InChI is InChI=1S/C24H30O5/c1-22-5-4-14-15-3-2-13(25)10-18(15)23(6-7-23)12-17(14)20(22)16-11-19(16)24(22,28)8-9-29-21(26)27/h8-10,14-17,19-20,28H,2-7,11-12H2,1H3,(H,26,27)/b9-8-/t14-,15-,16-,17-,19+,20+,22+,24+/m1/s1. The summed E-state index contributed by atoms with van der Waals surface area (Å²) in [5, 5.41) is 20.6. The average Bonchev–Trinajstić information content (AvgIpc) is 3.57. The Kier molecular flexibility index (Phi) is 3.47. The minimum Gasteiger partial charge on any atom is -0.449 e. The molecule has 0 unspecified atom stereocenters. The van der Waals surface area contributed by atoms with Crippen molar-refractivity contribution in [1.82, 2.24) is 0 Å². The largest absolute Gasteiger partial charge is 0.510 e. The molecule has 6 aliphatic rings. The summed E-state index contributed by atoms with van der Waals surface area (Å²) in [4.78, 5) is 22.9. The summed E-state index contributed by atoms with van der Waals surface area (Å²) in [6.45, 7) is 2.24. The van der Waals surface area contributed by atoms with Gasteiger partial charge in [0.15, 0.2) is 5.78 Å². The molecule has 0 aromatic heterocycles. The van der Waals surface area contributed by atoms with Gasteiger partial charge in [0, 0.05) is 11.8 Å². The zero-order valence-electron chi connectivity index (χ0n) is 17.0. The third kappa shape index (κ3) is 2.26. The Morgan fingerprint density at radius 3 is 2.72 bits per heavy atom. The molecule has 5 fully saturated rings. The molecule has 2 N–H and O–H groups in total. The van der Waals surface area contributed by atoms with Crippen LogP contribution in [0.25, 0.3) is 0 Å². The van der Waals surface area contributed by atoms with Gasteiger partial charge in [0.1, 0.15) is 0 Å². The van der Waals surface area contributed by atoms with Gasteiger partial charge in [-0.2, -0.15) is 0 Å².